The number of unbranched alkanes of at least 4 members (excludes halogenated alkanes) is 1. The Morgan fingerprint density at radius 2 is 1.67 bits per heavy atom. The maximum Gasteiger partial charge on any atom is 0.244 e. The van der Waals surface area contributed by atoms with Crippen molar-refractivity contribution in [1.82, 2.24) is 10.2 Å². The number of hydrogen-bond acceptors (Lipinski definition) is 4. The molecule has 1 atom stereocenters. The minimum Gasteiger partial charge on any atom is -0.354 e. The maximum atomic E-state index is 13.7. The summed E-state index contributed by atoms with van der Waals surface area (Å²) in [5, 5.41) is 3.92. The van der Waals surface area contributed by atoms with E-state index in [2.05, 4.69) is 5.32 Å². The van der Waals surface area contributed by atoms with Gasteiger partial charge >= 0.3 is 0 Å². The van der Waals surface area contributed by atoms with E-state index in [1.54, 1.807) is 44.2 Å². The molecule has 0 saturated heterocycles. The van der Waals surface area contributed by atoms with Crippen molar-refractivity contribution in [3.8, 4) is 0 Å². The largest absolute Gasteiger partial charge is 0.354 e. The van der Waals surface area contributed by atoms with Gasteiger partial charge in [0.2, 0.25) is 21.8 Å². The molecule has 1 unspecified atom stereocenters. The first-order valence-electron chi connectivity index (χ1n) is 11.6. The number of rotatable bonds is 12. The molecule has 0 fully saturated rings. The van der Waals surface area contributed by atoms with Crippen LogP contribution in [0.2, 0.25) is 15.1 Å². The van der Waals surface area contributed by atoms with Gasteiger partial charge in [0, 0.05) is 33.7 Å². The van der Waals surface area contributed by atoms with Gasteiger partial charge in [0.15, 0.2) is 0 Å². The third-order valence-electron chi connectivity index (χ3n) is 5.73. The Kier molecular flexibility index (Phi) is 11.3. The molecule has 0 radical (unpaired) electrons. The number of halogens is 3. The molecule has 0 bridgehead atoms. The van der Waals surface area contributed by atoms with Crippen LogP contribution in [-0.4, -0.2) is 50.5 Å². The number of nitrogens with one attached hydrogen (secondary N) is 1. The van der Waals surface area contributed by atoms with E-state index in [0.29, 0.717) is 33.6 Å². The van der Waals surface area contributed by atoms with Crippen molar-refractivity contribution >= 4 is 62.3 Å². The number of carbonyl (C=O) groups excluding carboxylic acids is 2. The molecule has 11 heteroatoms. The number of nitrogens with zero attached hydrogens (tertiary/aromatic N) is 2. The van der Waals surface area contributed by atoms with Crippen molar-refractivity contribution in [2.45, 2.75) is 52.6 Å². The fourth-order valence-corrected chi connectivity index (χ4v) is 5.16. The zero-order valence-electron chi connectivity index (χ0n) is 20.9. The van der Waals surface area contributed by atoms with Crippen LogP contribution in [0.15, 0.2) is 36.4 Å². The number of aryl methyl sites for hydroxylation is 1. The molecule has 7 nitrogen and oxygen atoms in total. The van der Waals surface area contributed by atoms with Crippen LogP contribution in [0.1, 0.15) is 44.2 Å². The first kappa shape index (κ1) is 30.2. The second-order valence-corrected chi connectivity index (χ2v) is 11.6. The van der Waals surface area contributed by atoms with E-state index < -0.39 is 28.5 Å². The molecule has 0 saturated carbocycles. The maximum absolute atomic E-state index is 13.7. The first-order chi connectivity index (χ1) is 16.9. The summed E-state index contributed by atoms with van der Waals surface area (Å²) in [6.45, 7) is 5.46. The van der Waals surface area contributed by atoms with E-state index in [1.165, 1.54) is 11.0 Å². The van der Waals surface area contributed by atoms with E-state index in [0.717, 1.165) is 29.0 Å². The molecule has 0 spiro atoms. The SMILES string of the molecule is CCCCNC(=O)C(CC)N(Cc1c(Cl)cccc1Cl)C(=O)CN(c1ccc(C)c(Cl)c1)S(C)(=O)=O. The van der Waals surface area contributed by atoms with Gasteiger partial charge in [-0.1, -0.05) is 67.2 Å². The third-order valence-corrected chi connectivity index (χ3v) is 7.98. The van der Waals surface area contributed by atoms with Crippen molar-refractivity contribution in [3.63, 3.8) is 0 Å². The van der Waals surface area contributed by atoms with Crippen molar-refractivity contribution in [2.75, 3.05) is 23.7 Å². The van der Waals surface area contributed by atoms with Crippen LogP contribution in [0, 0.1) is 6.92 Å². The Bertz CT molecular complexity index is 1170. The lowest BCUT2D eigenvalue weighted by Gasteiger charge is -2.33. The molecule has 0 heterocycles. The third kappa shape index (κ3) is 8.00. The molecular formula is C25H32Cl3N3O4S. The van der Waals surface area contributed by atoms with Gasteiger partial charge in [-0.2, -0.15) is 0 Å². The van der Waals surface area contributed by atoms with E-state index >= 15 is 0 Å². The highest BCUT2D eigenvalue weighted by atomic mass is 35.5. The summed E-state index contributed by atoms with van der Waals surface area (Å²) < 4.78 is 26.4. The summed E-state index contributed by atoms with van der Waals surface area (Å²) in [5.74, 6) is -0.905. The number of benzene rings is 2. The Morgan fingerprint density at radius 1 is 1.03 bits per heavy atom. The Balaban J connectivity index is 2.48. The fourth-order valence-electron chi connectivity index (χ4n) is 3.63. The van der Waals surface area contributed by atoms with Gasteiger partial charge in [0.25, 0.3) is 0 Å². The number of sulfonamides is 1. The summed E-state index contributed by atoms with van der Waals surface area (Å²) in [6, 6.07) is 8.87. The standard InChI is InChI=1S/C25H32Cl3N3O4S/c1-5-7-13-29-25(33)23(6-2)30(15-19-20(26)9-8-10-21(19)27)24(32)16-31(36(4,34)35)18-12-11-17(3)22(28)14-18/h8-12,14,23H,5-7,13,15-16H2,1-4H3,(H,29,33). The molecule has 2 rings (SSSR count). The molecule has 0 aliphatic carbocycles. The molecule has 198 valence electrons. The van der Waals surface area contributed by atoms with Gasteiger partial charge < -0.3 is 10.2 Å². The van der Waals surface area contributed by atoms with Gasteiger partial charge in [0.05, 0.1) is 11.9 Å². The highest BCUT2D eigenvalue weighted by Crippen LogP contribution is 2.28. The molecule has 2 aromatic rings. The van der Waals surface area contributed by atoms with Crippen LogP contribution in [0.3, 0.4) is 0 Å². The van der Waals surface area contributed by atoms with Crippen molar-refractivity contribution in [3.05, 3.63) is 62.6 Å². The van der Waals surface area contributed by atoms with Gasteiger partial charge in [0.1, 0.15) is 12.6 Å². The minimum atomic E-state index is -3.86. The molecular weight excluding hydrogens is 545 g/mol. The first-order valence-corrected chi connectivity index (χ1v) is 14.6. The lowest BCUT2D eigenvalue weighted by atomic mass is 10.1. The normalized spacial score (nSPS) is 12.2. The van der Waals surface area contributed by atoms with Crippen LogP contribution in [0.25, 0.3) is 0 Å². The lowest BCUT2D eigenvalue weighted by Crippen LogP contribution is -2.52. The smallest absolute Gasteiger partial charge is 0.244 e. The van der Waals surface area contributed by atoms with Crippen LogP contribution >= 0.6 is 34.8 Å². The average molecular weight is 577 g/mol. The second kappa shape index (κ2) is 13.5. The number of amides is 2. The summed E-state index contributed by atoms with van der Waals surface area (Å²) in [5.41, 5.74) is 1.49. The monoisotopic (exact) mass is 575 g/mol. The van der Waals surface area contributed by atoms with E-state index in [-0.39, 0.29) is 18.1 Å². The molecule has 0 aromatic heterocycles. The summed E-state index contributed by atoms with van der Waals surface area (Å²) in [7, 11) is -3.86. The Labute approximate surface area is 228 Å². The Hall–Kier alpha value is -2.00. The molecule has 1 N–H and O–H groups in total. The zero-order chi connectivity index (χ0) is 27.0. The van der Waals surface area contributed by atoms with E-state index in [4.69, 9.17) is 34.8 Å². The quantitative estimate of drug-likeness (QED) is 0.341. The summed E-state index contributed by atoms with van der Waals surface area (Å²) in [6.07, 6.45) is 3.01. The van der Waals surface area contributed by atoms with Crippen molar-refractivity contribution < 1.29 is 18.0 Å². The highest BCUT2D eigenvalue weighted by Gasteiger charge is 2.32. The van der Waals surface area contributed by atoms with Crippen LogP contribution in [0.5, 0.6) is 0 Å². The topological polar surface area (TPSA) is 86.8 Å². The number of carbonyl (C=O) groups is 2. The van der Waals surface area contributed by atoms with Gasteiger partial charge in [-0.05, 0) is 49.6 Å². The van der Waals surface area contributed by atoms with Crippen LogP contribution in [-0.2, 0) is 26.2 Å². The van der Waals surface area contributed by atoms with E-state index in [9.17, 15) is 18.0 Å². The van der Waals surface area contributed by atoms with Gasteiger partial charge in [-0.15, -0.1) is 0 Å². The van der Waals surface area contributed by atoms with Crippen molar-refractivity contribution in [1.29, 1.82) is 0 Å². The molecule has 2 aromatic carbocycles. The minimum absolute atomic E-state index is 0.0662. The highest BCUT2D eigenvalue weighted by molar-refractivity contribution is 7.92. The van der Waals surface area contributed by atoms with Crippen molar-refractivity contribution in [2.24, 2.45) is 0 Å². The van der Waals surface area contributed by atoms with Gasteiger partial charge in [-0.25, -0.2) is 8.42 Å². The van der Waals surface area contributed by atoms with E-state index in [1.807, 2.05) is 6.92 Å². The molecule has 0 aliphatic rings. The molecule has 36 heavy (non-hydrogen) atoms. The lowest BCUT2D eigenvalue weighted by molar-refractivity contribution is -0.140. The molecule has 2 amide bonds. The number of anilines is 1. The fraction of sp³-hybridized carbons (Fsp3) is 0.440. The predicted octanol–water partition coefficient (Wildman–Crippen LogP) is 5.44. The van der Waals surface area contributed by atoms with Gasteiger partial charge in [-0.3, -0.25) is 13.9 Å². The van der Waals surface area contributed by atoms with Crippen LogP contribution in [0.4, 0.5) is 5.69 Å². The molecule has 0 aliphatic heterocycles. The Morgan fingerprint density at radius 3 is 2.19 bits per heavy atom. The second-order valence-electron chi connectivity index (χ2n) is 8.49. The summed E-state index contributed by atoms with van der Waals surface area (Å²) in [4.78, 5) is 28.1. The average Bonchev–Trinajstić information content (AvgIpc) is 2.80. The number of hydrogen-bond donors (Lipinski definition) is 1. The van der Waals surface area contributed by atoms with Crippen LogP contribution < -0.4 is 9.62 Å². The predicted molar refractivity (Wildman–Crippen MR) is 147 cm³/mol. The zero-order valence-corrected chi connectivity index (χ0v) is 23.9. The summed E-state index contributed by atoms with van der Waals surface area (Å²) >= 11 is 19.0.